The van der Waals surface area contributed by atoms with Gasteiger partial charge in [0, 0.05) is 17.6 Å². The van der Waals surface area contributed by atoms with Gasteiger partial charge in [0.25, 0.3) is 0 Å². The molecule has 0 aliphatic heterocycles. The van der Waals surface area contributed by atoms with Crippen LogP contribution < -0.4 is 10.6 Å². The predicted molar refractivity (Wildman–Crippen MR) is 78.5 cm³/mol. The fourth-order valence-electron chi connectivity index (χ4n) is 2.57. The minimum Gasteiger partial charge on any atom is -0.355 e. The average Bonchev–Trinajstić information content (AvgIpc) is 2.34. The van der Waals surface area contributed by atoms with E-state index >= 15 is 0 Å². The van der Waals surface area contributed by atoms with Gasteiger partial charge in [-0.1, -0.05) is 29.8 Å². The zero-order chi connectivity index (χ0) is 13.8. The highest BCUT2D eigenvalue weighted by Crippen LogP contribution is 2.39. The van der Waals surface area contributed by atoms with Crippen LogP contribution in [0.25, 0.3) is 0 Å². The topological polar surface area (TPSA) is 41.1 Å². The number of amides is 1. The molecule has 0 saturated heterocycles. The molecule has 1 atom stereocenters. The van der Waals surface area contributed by atoms with Gasteiger partial charge < -0.3 is 10.6 Å². The molecular formula is C15H21ClN2O. The maximum Gasteiger partial charge on any atom is 0.236 e. The lowest BCUT2D eigenvalue weighted by Crippen LogP contribution is -2.50. The van der Waals surface area contributed by atoms with Gasteiger partial charge in [0.05, 0.1) is 6.04 Å². The van der Waals surface area contributed by atoms with Crippen molar-refractivity contribution in [3.63, 3.8) is 0 Å². The van der Waals surface area contributed by atoms with E-state index in [1.807, 2.05) is 32.0 Å². The van der Waals surface area contributed by atoms with E-state index in [1.54, 1.807) is 0 Å². The molecule has 2 N–H and O–H groups in total. The van der Waals surface area contributed by atoms with Crippen LogP contribution in [-0.4, -0.2) is 24.5 Å². The molecule has 19 heavy (non-hydrogen) atoms. The third kappa shape index (κ3) is 3.48. The van der Waals surface area contributed by atoms with E-state index in [4.69, 9.17) is 11.6 Å². The number of hydrogen-bond donors (Lipinski definition) is 2. The fourth-order valence-corrected chi connectivity index (χ4v) is 2.86. The van der Waals surface area contributed by atoms with Crippen LogP contribution in [0, 0.1) is 0 Å². The van der Waals surface area contributed by atoms with Gasteiger partial charge in [-0.25, -0.2) is 0 Å². The Morgan fingerprint density at radius 2 is 2.11 bits per heavy atom. The summed E-state index contributed by atoms with van der Waals surface area (Å²) in [5.74, 6) is 0.594. The molecule has 0 heterocycles. The Kier molecular flexibility index (Phi) is 4.83. The first-order valence-electron chi connectivity index (χ1n) is 6.90. The molecule has 2 rings (SSSR count). The van der Waals surface area contributed by atoms with Gasteiger partial charge in [-0.3, -0.25) is 4.79 Å². The minimum absolute atomic E-state index is 0.0729. The summed E-state index contributed by atoms with van der Waals surface area (Å²) < 4.78 is 0. The molecule has 1 aliphatic carbocycles. The first-order valence-corrected chi connectivity index (χ1v) is 7.27. The van der Waals surface area contributed by atoms with Gasteiger partial charge in [0.1, 0.15) is 0 Å². The maximum absolute atomic E-state index is 11.6. The van der Waals surface area contributed by atoms with Gasteiger partial charge in [0.2, 0.25) is 5.91 Å². The smallest absolute Gasteiger partial charge is 0.236 e. The summed E-state index contributed by atoms with van der Waals surface area (Å²) >= 11 is 6.19. The van der Waals surface area contributed by atoms with Crippen molar-refractivity contribution >= 4 is 17.5 Å². The number of rotatable bonds is 5. The Balaban J connectivity index is 1.81. The van der Waals surface area contributed by atoms with Crippen molar-refractivity contribution in [1.29, 1.82) is 0 Å². The average molecular weight is 281 g/mol. The number of nitrogens with one attached hydrogen (secondary N) is 2. The lowest BCUT2D eigenvalue weighted by atomic mass is 9.75. The lowest BCUT2D eigenvalue weighted by molar-refractivity contribution is -0.123. The molecule has 1 amide bonds. The zero-order valence-electron chi connectivity index (χ0n) is 11.4. The Hall–Kier alpha value is -1.06. The van der Waals surface area contributed by atoms with Gasteiger partial charge in [-0.15, -0.1) is 0 Å². The van der Waals surface area contributed by atoms with Crippen LogP contribution in [0.4, 0.5) is 0 Å². The molecule has 0 aromatic heterocycles. The van der Waals surface area contributed by atoms with Crippen molar-refractivity contribution in [2.75, 3.05) is 6.54 Å². The molecule has 3 nitrogen and oxygen atoms in total. The predicted octanol–water partition coefficient (Wildman–Crippen LogP) is 2.70. The number of halogens is 1. The van der Waals surface area contributed by atoms with Crippen LogP contribution in [0.1, 0.15) is 38.2 Å². The van der Waals surface area contributed by atoms with E-state index in [1.165, 1.54) is 5.56 Å². The Labute approximate surface area is 119 Å². The number of likely N-dealkylation sites (N-methyl/N-ethyl adjacent to an activating group) is 1. The van der Waals surface area contributed by atoms with Crippen molar-refractivity contribution in [2.45, 2.75) is 44.7 Å². The summed E-state index contributed by atoms with van der Waals surface area (Å²) in [5, 5.41) is 7.04. The molecular weight excluding hydrogens is 260 g/mol. The van der Waals surface area contributed by atoms with E-state index in [0.29, 0.717) is 18.5 Å². The molecule has 1 aromatic rings. The molecule has 0 bridgehead atoms. The second kappa shape index (κ2) is 6.40. The molecule has 104 valence electrons. The molecule has 0 spiro atoms. The Morgan fingerprint density at radius 3 is 2.74 bits per heavy atom. The maximum atomic E-state index is 11.6. The molecule has 1 saturated carbocycles. The normalized spacial score (nSPS) is 23.5. The van der Waals surface area contributed by atoms with Gasteiger partial charge in [0.15, 0.2) is 0 Å². The van der Waals surface area contributed by atoms with Crippen LogP contribution in [-0.2, 0) is 4.79 Å². The standard InChI is InChI=1S/C15H21ClN2O/c1-3-17-15(19)10(2)18-12-8-11(9-12)13-6-4-5-7-14(13)16/h4-7,10-12,18H,3,8-9H2,1-2H3,(H,17,19). The van der Waals surface area contributed by atoms with E-state index < -0.39 is 0 Å². The fraction of sp³-hybridized carbons (Fsp3) is 0.533. The molecule has 4 heteroatoms. The number of benzene rings is 1. The largest absolute Gasteiger partial charge is 0.355 e. The zero-order valence-corrected chi connectivity index (χ0v) is 12.2. The molecule has 1 unspecified atom stereocenters. The van der Waals surface area contributed by atoms with Gasteiger partial charge in [-0.2, -0.15) is 0 Å². The summed E-state index contributed by atoms with van der Waals surface area (Å²) in [7, 11) is 0. The number of hydrogen-bond acceptors (Lipinski definition) is 2. The summed E-state index contributed by atoms with van der Waals surface area (Å²) in [6, 6.07) is 8.30. The summed E-state index contributed by atoms with van der Waals surface area (Å²) in [4.78, 5) is 11.6. The molecule has 1 aliphatic rings. The highest BCUT2D eigenvalue weighted by molar-refractivity contribution is 6.31. The monoisotopic (exact) mass is 280 g/mol. The quantitative estimate of drug-likeness (QED) is 0.871. The highest BCUT2D eigenvalue weighted by Gasteiger charge is 2.32. The first-order chi connectivity index (χ1) is 9.11. The SMILES string of the molecule is CCNC(=O)C(C)NC1CC(c2ccccc2Cl)C1. The van der Waals surface area contributed by atoms with Crippen LogP contribution in [0.15, 0.2) is 24.3 Å². The second-order valence-electron chi connectivity index (χ2n) is 5.17. The lowest BCUT2D eigenvalue weighted by Gasteiger charge is -2.38. The van der Waals surface area contributed by atoms with Crippen LogP contribution in [0.5, 0.6) is 0 Å². The van der Waals surface area contributed by atoms with Crippen LogP contribution in [0.3, 0.4) is 0 Å². The second-order valence-corrected chi connectivity index (χ2v) is 5.58. The summed E-state index contributed by atoms with van der Waals surface area (Å²) in [6.45, 7) is 4.52. The highest BCUT2D eigenvalue weighted by atomic mass is 35.5. The van der Waals surface area contributed by atoms with Gasteiger partial charge in [-0.05, 0) is 44.2 Å². The van der Waals surface area contributed by atoms with E-state index in [0.717, 1.165) is 17.9 Å². The summed E-state index contributed by atoms with van der Waals surface area (Å²) in [5.41, 5.74) is 1.23. The first kappa shape index (κ1) is 14.4. The van der Waals surface area contributed by atoms with E-state index in [9.17, 15) is 4.79 Å². The Bertz CT molecular complexity index is 444. The molecule has 1 fully saturated rings. The molecule has 0 radical (unpaired) electrons. The minimum atomic E-state index is -0.128. The number of carbonyl (C=O) groups excluding carboxylic acids is 1. The Morgan fingerprint density at radius 1 is 1.42 bits per heavy atom. The van der Waals surface area contributed by atoms with Gasteiger partial charge >= 0.3 is 0 Å². The van der Waals surface area contributed by atoms with Crippen LogP contribution >= 0.6 is 11.6 Å². The van der Waals surface area contributed by atoms with Crippen molar-refractivity contribution in [1.82, 2.24) is 10.6 Å². The third-order valence-corrected chi connectivity index (χ3v) is 4.06. The van der Waals surface area contributed by atoms with Crippen LogP contribution in [0.2, 0.25) is 5.02 Å². The van der Waals surface area contributed by atoms with E-state index in [-0.39, 0.29) is 11.9 Å². The summed E-state index contributed by atoms with van der Waals surface area (Å²) in [6.07, 6.45) is 2.10. The van der Waals surface area contributed by atoms with E-state index in [2.05, 4.69) is 16.7 Å². The third-order valence-electron chi connectivity index (χ3n) is 3.71. The van der Waals surface area contributed by atoms with Crippen molar-refractivity contribution in [3.05, 3.63) is 34.9 Å². The van der Waals surface area contributed by atoms with Crippen molar-refractivity contribution < 1.29 is 4.79 Å². The van der Waals surface area contributed by atoms with Crippen molar-refractivity contribution in [2.24, 2.45) is 0 Å². The van der Waals surface area contributed by atoms with Crippen molar-refractivity contribution in [3.8, 4) is 0 Å². The number of carbonyl (C=O) groups is 1. The molecule has 1 aromatic carbocycles.